The molecule has 2 atom stereocenters. The van der Waals surface area contributed by atoms with E-state index < -0.39 is 0 Å². The minimum Gasteiger partial charge on any atom is -0.497 e. The molecule has 2 aliphatic rings. The smallest absolute Gasteiger partial charge is 0.225 e. The van der Waals surface area contributed by atoms with Gasteiger partial charge in [-0.2, -0.15) is 0 Å². The number of nitrogens with zero attached hydrogens (tertiary/aromatic N) is 1. The Morgan fingerprint density at radius 1 is 1.03 bits per heavy atom. The predicted molar refractivity (Wildman–Crippen MR) is 121 cm³/mol. The van der Waals surface area contributed by atoms with Gasteiger partial charge in [0.1, 0.15) is 5.75 Å². The monoisotopic (exact) mass is 424 g/mol. The number of methoxy groups -OCH3 is 3. The molecule has 0 saturated carbocycles. The highest BCUT2D eigenvalue weighted by Crippen LogP contribution is 2.40. The van der Waals surface area contributed by atoms with E-state index >= 15 is 0 Å². The molecule has 1 amide bonds. The second-order valence-electron chi connectivity index (χ2n) is 8.29. The van der Waals surface area contributed by atoms with Crippen LogP contribution in [-0.4, -0.2) is 46.4 Å². The fourth-order valence-corrected chi connectivity index (χ4v) is 4.92. The van der Waals surface area contributed by atoms with E-state index in [1.54, 1.807) is 21.3 Å². The zero-order valence-corrected chi connectivity index (χ0v) is 18.6. The summed E-state index contributed by atoms with van der Waals surface area (Å²) in [5, 5.41) is 3.19. The van der Waals surface area contributed by atoms with E-state index in [2.05, 4.69) is 22.3 Å². The second kappa shape index (κ2) is 9.50. The first kappa shape index (κ1) is 21.3. The molecule has 6 nitrogen and oxygen atoms in total. The Kier molecular flexibility index (Phi) is 6.54. The van der Waals surface area contributed by atoms with Crippen LogP contribution in [0.5, 0.6) is 17.2 Å². The Hall–Kier alpha value is -2.89. The number of anilines is 1. The van der Waals surface area contributed by atoms with Gasteiger partial charge in [0.2, 0.25) is 5.91 Å². The fraction of sp³-hybridized carbons (Fsp3) is 0.480. The van der Waals surface area contributed by atoms with E-state index in [4.69, 9.17) is 14.2 Å². The van der Waals surface area contributed by atoms with Crippen molar-refractivity contribution in [1.29, 1.82) is 0 Å². The quantitative estimate of drug-likeness (QED) is 0.736. The van der Waals surface area contributed by atoms with Crippen LogP contribution in [0.1, 0.15) is 30.4 Å². The van der Waals surface area contributed by atoms with E-state index in [0.29, 0.717) is 18.0 Å². The predicted octanol–water partition coefficient (Wildman–Crippen LogP) is 3.60. The van der Waals surface area contributed by atoms with Crippen LogP contribution in [0, 0.1) is 5.92 Å². The van der Waals surface area contributed by atoms with E-state index in [1.807, 2.05) is 24.3 Å². The van der Waals surface area contributed by atoms with E-state index in [-0.39, 0.29) is 17.9 Å². The van der Waals surface area contributed by atoms with Gasteiger partial charge in [0, 0.05) is 30.9 Å². The number of fused-ring (bicyclic) bond motifs is 3. The van der Waals surface area contributed by atoms with Crippen molar-refractivity contribution < 1.29 is 19.0 Å². The van der Waals surface area contributed by atoms with Crippen molar-refractivity contribution in [3.05, 3.63) is 47.5 Å². The first-order chi connectivity index (χ1) is 15.1. The van der Waals surface area contributed by atoms with Crippen LogP contribution in [0.15, 0.2) is 36.4 Å². The molecule has 1 saturated heterocycles. The van der Waals surface area contributed by atoms with Gasteiger partial charge in [-0.3, -0.25) is 4.79 Å². The molecule has 0 unspecified atom stereocenters. The number of carbonyl (C=O) groups is 1. The van der Waals surface area contributed by atoms with Crippen LogP contribution in [0.4, 0.5) is 5.69 Å². The maximum atomic E-state index is 13.2. The summed E-state index contributed by atoms with van der Waals surface area (Å²) >= 11 is 0. The highest BCUT2D eigenvalue weighted by molar-refractivity contribution is 5.82. The van der Waals surface area contributed by atoms with Gasteiger partial charge in [-0.1, -0.05) is 12.1 Å². The maximum Gasteiger partial charge on any atom is 0.225 e. The lowest BCUT2D eigenvalue weighted by molar-refractivity contribution is -0.125. The largest absolute Gasteiger partial charge is 0.497 e. The van der Waals surface area contributed by atoms with Gasteiger partial charge in [-0.05, 0) is 61.4 Å². The lowest BCUT2D eigenvalue weighted by Crippen LogP contribution is -2.53. The third-order valence-corrected chi connectivity index (χ3v) is 6.55. The average molecular weight is 425 g/mol. The number of benzene rings is 2. The molecule has 2 aliphatic heterocycles. The Bertz CT molecular complexity index is 930. The molecule has 0 radical (unpaired) electrons. The summed E-state index contributed by atoms with van der Waals surface area (Å²) in [6.45, 7) is 1.60. The number of hydrogen-bond donors (Lipinski definition) is 1. The van der Waals surface area contributed by atoms with Crippen molar-refractivity contribution in [3.63, 3.8) is 0 Å². The van der Waals surface area contributed by atoms with Crippen molar-refractivity contribution in [3.8, 4) is 17.2 Å². The lowest BCUT2D eigenvalue weighted by atomic mass is 9.80. The lowest BCUT2D eigenvalue weighted by Gasteiger charge is -2.46. The molecule has 0 spiro atoms. The number of nitrogens with one attached hydrogen (secondary N) is 1. The van der Waals surface area contributed by atoms with Gasteiger partial charge in [0.05, 0.1) is 27.2 Å². The Morgan fingerprint density at radius 2 is 1.87 bits per heavy atom. The van der Waals surface area contributed by atoms with Gasteiger partial charge in [-0.15, -0.1) is 0 Å². The van der Waals surface area contributed by atoms with E-state index in [1.165, 1.54) is 24.1 Å². The number of piperidine rings is 1. The van der Waals surface area contributed by atoms with Crippen LogP contribution >= 0.6 is 0 Å². The molecule has 166 valence electrons. The highest BCUT2D eigenvalue weighted by atomic mass is 16.5. The molecule has 1 N–H and O–H groups in total. The first-order valence-corrected chi connectivity index (χ1v) is 11.1. The van der Waals surface area contributed by atoms with Crippen molar-refractivity contribution >= 4 is 11.6 Å². The topological polar surface area (TPSA) is 60.0 Å². The number of rotatable bonds is 7. The van der Waals surface area contributed by atoms with Crippen LogP contribution in [0.2, 0.25) is 0 Å². The van der Waals surface area contributed by atoms with E-state index in [0.717, 1.165) is 37.1 Å². The van der Waals surface area contributed by atoms with E-state index in [9.17, 15) is 4.79 Å². The zero-order chi connectivity index (χ0) is 21.8. The highest BCUT2D eigenvalue weighted by Gasteiger charge is 2.39. The maximum absolute atomic E-state index is 13.2. The minimum atomic E-state index is -0.0217. The Balaban J connectivity index is 1.43. The molecule has 4 rings (SSSR count). The number of hydrogen-bond acceptors (Lipinski definition) is 5. The number of ether oxygens (including phenoxy) is 3. The van der Waals surface area contributed by atoms with Crippen molar-refractivity contribution in [2.24, 2.45) is 5.92 Å². The first-order valence-electron chi connectivity index (χ1n) is 11.1. The van der Waals surface area contributed by atoms with Crippen LogP contribution in [-0.2, 0) is 17.6 Å². The molecule has 2 aromatic carbocycles. The summed E-state index contributed by atoms with van der Waals surface area (Å²) in [5.41, 5.74) is 3.58. The van der Waals surface area contributed by atoms with Crippen molar-refractivity contribution in [2.45, 2.75) is 38.1 Å². The molecular weight excluding hydrogens is 392 g/mol. The average Bonchev–Trinajstić information content (AvgIpc) is 2.82. The summed E-state index contributed by atoms with van der Waals surface area (Å²) in [6.07, 6.45) is 4.94. The summed E-state index contributed by atoms with van der Waals surface area (Å²) in [6, 6.07) is 12.4. The van der Waals surface area contributed by atoms with Crippen LogP contribution < -0.4 is 24.4 Å². The van der Waals surface area contributed by atoms with Gasteiger partial charge in [0.15, 0.2) is 11.5 Å². The number of carbonyl (C=O) groups excluding carboxylic acids is 1. The molecule has 2 heterocycles. The molecule has 1 fully saturated rings. The number of amides is 1. The van der Waals surface area contributed by atoms with Crippen LogP contribution in [0.25, 0.3) is 0 Å². The normalized spacial score (nSPS) is 19.8. The zero-order valence-electron chi connectivity index (χ0n) is 18.6. The standard InChI is InChI=1S/C25H32N2O4/c1-29-19-9-8-18-15-20(21-6-4-5-13-27(21)22(18)16-19)25(28)26-12-11-17-7-10-23(30-2)24(14-17)31-3/h7-10,14,16,20-21H,4-6,11-13,15H2,1-3H3,(H,26,28)/t20-,21+/m0/s1. The summed E-state index contributed by atoms with van der Waals surface area (Å²) in [7, 11) is 4.97. The molecule has 2 aromatic rings. The molecule has 0 aliphatic carbocycles. The second-order valence-corrected chi connectivity index (χ2v) is 8.29. The van der Waals surface area contributed by atoms with Gasteiger partial charge in [0.25, 0.3) is 0 Å². The summed E-state index contributed by atoms with van der Waals surface area (Å²) in [4.78, 5) is 15.6. The third kappa shape index (κ3) is 4.43. The Morgan fingerprint density at radius 3 is 2.65 bits per heavy atom. The molecular formula is C25H32N2O4. The van der Waals surface area contributed by atoms with Crippen LogP contribution in [0.3, 0.4) is 0 Å². The summed E-state index contributed by atoms with van der Waals surface area (Å²) in [5.74, 6) is 2.43. The van der Waals surface area contributed by atoms with Gasteiger partial charge < -0.3 is 24.4 Å². The van der Waals surface area contributed by atoms with Crippen molar-refractivity contribution in [2.75, 3.05) is 39.3 Å². The minimum absolute atomic E-state index is 0.0217. The van der Waals surface area contributed by atoms with Crippen molar-refractivity contribution in [1.82, 2.24) is 5.32 Å². The summed E-state index contributed by atoms with van der Waals surface area (Å²) < 4.78 is 16.1. The molecule has 31 heavy (non-hydrogen) atoms. The fourth-order valence-electron chi connectivity index (χ4n) is 4.92. The molecule has 0 aromatic heterocycles. The SMILES string of the molecule is COc1ccc2c(c1)N1CCCC[C@@H]1[C@@H](C(=O)NCCc1ccc(OC)c(OC)c1)C2. The molecule has 0 bridgehead atoms. The third-order valence-electron chi connectivity index (χ3n) is 6.55. The van der Waals surface area contributed by atoms with Gasteiger partial charge >= 0.3 is 0 Å². The van der Waals surface area contributed by atoms with Gasteiger partial charge in [-0.25, -0.2) is 0 Å². The Labute approximate surface area is 184 Å². The molecule has 6 heteroatoms.